The Balaban J connectivity index is 1.97. The van der Waals surface area contributed by atoms with Crippen LogP contribution in [-0.2, 0) is 14.8 Å². The number of rotatable bonds is 6. The molecular weight excluding hydrogens is 463 g/mol. The van der Waals surface area contributed by atoms with Crippen LogP contribution in [0.2, 0.25) is 0 Å². The van der Waals surface area contributed by atoms with Crippen LogP contribution in [0.5, 0.6) is 0 Å². The van der Waals surface area contributed by atoms with E-state index in [4.69, 9.17) is 0 Å². The highest BCUT2D eigenvalue weighted by Crippen LogP contribution is 2.23. The molecule has 180 valence electrons. The second-order valence-corrected chi connectivity index (χ2v) is 10.5. The average Bonchev–Trinajstić information content (AvgIpc) is 2.72. The summed E-state index contributed by atoms with van der Waals surface area (Å²) in [6, 6.07) is 9.75. The third-order valence-corrected chi connectivity index (χ3v) is 6.07. The first-order valence-electron chi connectivity index (χ1n) is 10.3. The number of fused-ring (bicyclic) bond motifs is 1. The number of aromatic amines is 1. The Bertz CT molecular complexity index is 1410. The Kier molecular flexibility index (Phi) is 6.78. The summed E-state index contributed by atoms with van der Waals surface area (Å²) in [4.78, 5) is 41.0. The molecule has 1 heterocycles. The third-order valence-electron chi connectivity index (χ3n) is 4.69. The van der Waals surface area contributed by atoms with Crippen LogP contribution >= 0.6 is 0 Å². The van der Waals surface area contributed by atoms with E-state index in [1.165, 1.54) is 37.4 Å². The van der Waals surface area contributed by atoms with Gasteiger partial charge in [0.05, 0.1) is 17.0 Å². The molecule has 0 saturated heterocycles. The zero-order valence-corrected chi connectivity index (χ0v) is 19.9. The zero-order chi connectivity index (χ0) is 25.3. The second kappa shape index (κ2) is 9.26. The van der Waals surface area contributed by atoms with Crippen molar-refractivity contribution in [1.29, 1.82) is 0 Å². The van der Waals surface area contributed by atoms with Crippen molar-refractivity contribution in [3.05, 3.63) is 70.3 Å². The summed E-state index contributed by atoms with van der Waals surface area (Å²) in [7, 11) is -2.67. The van der Waals surface area contributed by atoms with Gasteiger partial charge in [-0.3, -0.25) is 19.1 Å². The van der Waals surface area contributed by atoms with Crippen molar-refractivity contribution in [2.75, 3.05) is 18.3 Å². The normalized spacial score (nSPS) is 11.8. The summed E-state index contributed by atoms with van der Waals surface area (Å²) < 4.78 is 41.2. The summed E-state index contributed by atoms with van der Waals surface area (Å²) in [5.41, 5.74) is -0.682. The number of H-pyrrole nitrogens is 1. The largest absolute Gasteiger partial charge is 0.350 e. The molecule has 0 spiro atoms. The minimum absolute atomic E-state index is 0.0522. The first-order valence-corrected chi connectivity index (χ1v) is 11.8. The van der Waals surface area contributed by atoms with Crippen molar-refractivity contribution in [2.45, 2.75) is 31.2 Å². The van der Waals surface area contributed by atoms with Crippen molar-refractivity contribution >= 4 is 38.4 Å². The molecule has 1 aromatic heterocycles. The predicted octanol–water partition coefficient (Wildman–Crippen LogP) is 2.45. The van der Waals surface area contributed by atoms with Crippen LogP contribution in [0, 0.1) is 5.82 Å². The smallest absolute Gasteiger partial charge is 0.261 e. The lowest BCUT2D eigenvalue weighted by Crippen LogP contribution is -2.46. The van der Waals surface area contributed by atoms with Gasteiger partial charge in [-0.25, -0.2) is 12.8 Å². The molecule has 3 rings (SSSR count). The molecule has 2 aromatic carbocycles. The molecule has 0 saturated carbocycles. The molecule has 0 aliphatic rings. The Labute approximate surface area is 196 Å². The van der Waals surface area contributed by atoms with Crippen molar-refractivity contribution in [1.82, 2.24) is 15.2 Å². The number of anilines is 1. The van der Waals surface area contributed by atoms with E-state index in [2.05, 4.69) is 15.0 Å². The van der Waals surface area contributed by atoms with Gasteiger partial charge < -0.3 is 15.2 Å². The monoisotopic (exact) mass is 488 g/mol. The molecule has 0 radical (unpaired) electrons. The number of carbonyl (C=O) groups is 2. The number of hydrogen-bond donors (Lipinski definition) is 3. The van der Waals surface area contributed by atoms with Gasteiger partial charge in [-0.1, -0.05) is 0 Å². The number of halogens is 1. The van der Waals surface area contributed by atoms with Gasteiger partial charge in [0.25, 0.3) is 15.9 Å². The number of aromatic nitrogens is 1. The molecule has 0 aliphatic heterocycles. The van der Waals surface area contributed by atoms with Gasteiger partial charge in [-0.2, -0.15) is 0 Å². The minimum atomic E-state index is -4.08. The highest BCUT2D eigenvalue weighted by atomic mass is 32.2. The lowest BCUT2D eigenvalue weighted by atomic mass is 10.1. The highest BCUT2D eigenvalue weighted by molar-refractivity contribution is 7.92. The molecular formula is C23H25FN4O5S. The first-order chi connectivity index (χ1) is 15.7. The SMILES string of the molecule is CN(CC(=O)NC(C)(C)C)C(=O)c1cc(=O)[nH]c2ccc(S(=O)(=O)Nc3ccc(F)cc3)cc12. The summed E-state index contributed by atoms with van der Waals surface area (Å²) >= 11 is 0. The Morgan fingerprint density at radius 2 is 1.71 bits per heavy atom. The molecule has 34 heavy (non-hydrogen) atoms. The zero-order valence-electron chi connectivity index (χ0n) is 19.1. The Morgan fingerprint density at radius 3 is 2.32 bits per heavy atom. The van der Waals surface area contributed by atoms with Crippen LogP contribution in [0.3, 0.4) is 0 Å². The van der Waals surface area contributed by atoms with Crippen LogP contribution in [0.25, 0.3) is 10.9 Å². The van der Waals surface area contributed by atoms with Crippen molar-refractivity contribution in [3.63, 3.8) is 0 Å². The van der Waals surface area contributed by atoms with Gasteiger partial charge in [0.2, 0.25) is 11.5 Å². The van der Waals surface area contributed by atoms with E-state index < -0.39 is 32.8 Å². The van der Waals surface area contributed by atoms with Gasteiger partial charge in [-0.15, -0.1) is 0 Å². The standard InChI is InChI=1S/C23H25FN4O5S/c1-23(2,3)26-21(30)13-28(4)22(31)18-12-20(29)25-19-10-9-16(11-17(18)19)34(32,33)27-15-7-5-14(24)6-8-15/h5-12,27H,13H2,1-4H3,(H,25,29)(H,26,30). The molecule has 0 aliphatic carbocycles. The number of likely N-dealkylation sites (N-methyl/N-ethyl adjacent to an activating group) is 1. The molecule has 0 fully saturated rings. The highest BCUT2D eigenvalue weighted by Gasteiger charge is 2.22. The summed E-state index contributed by atoms with van der Waals surface area (Å²) in [6.45, 7) is 5.16. The maximum atomic E-state index is 13.1. The van der Waals surface area contributed by atoms with E-state index >= 15 is 0 Å². The van der Waals surface area contributed by atoms with E-state index in [-0.39, 0.29) is 39.5 Å². The number of pyridine rings is 1. The molecule has 3 aromatic rings. The van der Waals surface area contributed by atoms with Crippen LogP contribution in [0.1, 0.15) is 31.1 Å². The molecule has 11 heteroatoms. The van der Waals surface area contributed by atoms with Gasteiger partial charge in [0.1, 0.15) is 5.82 Å². The summed E-state index contributed by atoms with van der Waals surface area (Å²) in [6.07, 6.45) is 0. The quantitative estimate of drug-likeness (QED) is 0.491. The Morgan fingerprint density at radius 1 is 1.06 bits per heavy atom. The van der Waals surface area contributed by atoms with Crippen LogP contribution in [0.4, 0.5) is 10.1 Å². The fraction of sp³-hybridized carbons (Fsp3) is 0.261. The maximum Gasteiger partial charge on any atom is 0.261 e. The van der Waals surface area contributed by atoms with Gasteiger partial charge >= 0.3 is 0 Å². The second-order valence-electron chi connectivity index (χ2n) is 8.83. The van der Waals surface area contributed by atoms with Crippen molar-refractivity contribution in [3.8, 4) is 0 Å². The third kappa shape index (κ3) is 5.98. The number of amides is 2. The molecule has 0 unspecified atom stereocenters. The van der Waals surface area contributed by atoms with Crippen molar-refractivity contribution in [2.24, 2.45) is 0 Å². The number of benzene rings is 2. The van der Waals surface area contributed by atoms with Crippen LogP contribution < -0.4 is 15.6 Å². The molecule has 0 bridgehead atoms. The van der Waals surface area contributed by atoms with Gasteiger partial charge in [0.15, 0.2) is 0 Å². The maximum absolute atomic E-state index is 13.1. The van der Waals surface area contributed by atoms with E-state index in [0.29, 0.717) is 0 Å². The minimum Gasteiger partial charge on any atom is -0.350 e. The molecule has 3 N–H and O–H groups in total. The van der Waals surface area contributed by atoms with Crippen LogP contribution in [0.15, 0.2) is 58.2 Å². The lowest BCUT2D eigenvalue weighted by Gasteiger charge is -2.23. The predicted molar refractivity (Wildman–Crippen MR) is 127 cm³/mol. The number of carbonyl (C=O) groups excluding carboxylic acids is 2. The average molecular weight is 489 g/mol. The fourth-order valence-corrected chi connectivity index (χ4v) is 4.34. The van der Waals surface area contributed by atoms with Gasteiger partial charge in [-0.05, 0) is 63.2 Å². The number of hydrogen-bond acceptors (Lipinski definition) is 5. The van der Waals surface area contributed by atoms with E-state index in [9.17, 15) is 27.2 Å². The molecule has 2 amide bonds. The topological polar surface area (TPSA) is 128 Å². The molecule has 9 nitrogen and oxygen atoms in total. The fourth-order valence-electron chi connectivity index (χ4n) is 3.26. The van der Waals surface area contributed by atoms with Crippen molar-refractivity contribution < 1.29 is 22.4 Å². The number of sulfonamides is 1. The molecule has 0 atom stereocenters. The van der Waals surface area contributed by atoms with E-state index in [0.717, 1.165) is 23.1 Å². The van der Waals surface area contributed by atoms with Crippen LogP contribution in [-0.4, -0.2) is 49.2 Å². The van der Waals surface area contributed by atoms with E-state index in [1.54, 1.807) is 20.8 Å². The summed E-state index contributed by atoms with van der Waals surface area (Å²) in [5.74, 6) is -1.52. The number of nitrogens with one attached hydrogen (secondary N) is 3. The first kappa shape index (κ1) is 24.9. The van der Waals surface area contributed by atoms with E-state index in [1.807, 2.05) is 0 Å². The lowest BCUT2D eigenvalue weighted by molar-refractivity contribution is -0.122. The van der Waals surface area contributed by atoms with Gasteiger partial charge in [0, 0.05) is 35.2 Å². The summed E-state index contributed by atoms with van der Waals surface area (Å²) in [5, 5.41) is 2.94. The Hall–Kier alpha value is -3.73. The number of nitrogens with zero attached hydrogens (tertiary/aromatic N) is 1.